The summed E-state index contributed by atoms with van der Waals surface area (Å²) in [5, 5.41) is 4.19. The molecule has 3 N–H and O–H groups in total. The Hall–Kier alpha value is -1.38. The Labute approximate surface area is 129 Å². The van der Waals surface area contributed by atoms with Gasteiger partial charge in [-0.1, -0.05) is 56.1 Å². The zero-order valence-corrected chi connectivity index (χ0v) is 13.3. The summed E-state index contributed by atoms with van der Waals surface area (Å²) in [5.41, 5.74) is 9.64. The molecule has 2 rings (SSSR count). The number of nitrogens with one attached hydrogen (secondary N) is 1. The third-order valence-corrected chi connectivity index (χ3v) is 3.84. The van der Waals surface area contributed by atoms with Crippen molar-refractivity contribution in [3.8, 4) is 0 Å². The van der Waals surface area contributed by atoms with Gasteiger partial charge in [0.05, 0.1) is 21.4 Å². The average molecular weight is 309 g/mol. The van der Waals surface area contributed by atoms with E-state index in [2.05, 4.69) is 38.2 Å². The molecule has 0 fully saturated rings. The number of nitrogen functional groups attached to an aromatic ring is 1. The minimum Gasteiger partial charge on any atom is -0.397 e. The van der Waals surface area contributed by atoms with Gasteiger partial charge in [-0.05, 0) is 35.2 Å². The van der Waals surface area contributed by atoms with E-state index in [0.29, 0.717) is 15.7 Å². The summed E-state index contributed by atoms with van der Waals surface area (Å²) in [6.07, 6.45) is 0. The number of benzene rings is 2. The van der Waals surface area contributed by atoms with Gasteiger partial charge in [0, 0.05) is 5.69 Å². The van der Waals surface area contributed by atoms with Crippen molar-refractivity contribution in [1.29, 1.82) is 0 Å². The molecule has 2 aromatic rings. The average Bonchev–Trinajstić information content (AvgIpc) is 2.35. The molecule has 0 aliphatic carbocycles. The summed E-state index contributed by atoms with van der Waals surface area (Å²) < 4.78 is 0. The zero-order chi connectivity index (χ0) is 14.9. The molecule has 2 nitrogen and oxygen atoms in total. The Morgan fingerprint density at radius 3 is 2.05 bits per heavy atom. The van der Waals surface area contributed by atoms with Gasteiger partial charge in [-0.2, -0.15) is 0 Å². The Morgan fingerprint density at radius 2 is 1.50 bits per heavy atom. The Kier molecular flexibility index (Phi) is 4.17. The first-order chi connectivity index (χ1) is 9.27. The first kappa shape index (κ1) is 15.0. The summed E-state index contributed by atoms with van der Waals surface area (Å²) in [5.74, 6) is 0. The van der Waals surface area contributed by atoms with Crippen LogP contribution >= 0.6 is 23.2 Å². The van der Waals surface area contributed by atoms with Crippen LogP contribution in [0.3, 0.4) is 0 Å². The number of nitrogens with two attached hydrogens (primary N) is 1. The van der Waals surface area contributed by atoms with Gasteiger partial charge < -0.3 is 11.1 Å². The van der Waals surface area contributed by atoms with Gasteiger partial charge in [0.15, 0.2) is 0 Å². The molecule has 0 aliphatic rings. The van der Waals surface area contributed by atoms with Gasteiger partial charge in [0.25, 0.3) is 0 Å². The number of anilines is 3. The van der Waals surface area contributed by atoms with Crippen molar-refractivity contribution in [3.63, 3.8) is 0 Å². The quantitative estimate of drug-likeness (QED) is 0.707. The molecule has 0 saturated heterocycles. The highest BCUT2D eigenvalue weighted by Gasteiger charge is 2.13. The maximum Gasteiger partial charge on any atom is 0.0633 e. The summed E-state index contributed by atoms with van der Waals surface area (Å²) in [7, 11) is 0. The molecule has 106 valence electrons. The van der Waals surface area contributed by atoms with Gasteiger partial charge >= 0.3 is 0 Å². The number of hydrogen-bond acceptors (Lipinski definition) is 2. The van der Waals surface area contributed by atoms with Crippen LogP contribution in [0.25, 0.3) is 0 Å². The number of hydrogen-bond donors (Lipinski definition) is 2. The Bertz CT molecular complexity index is 614. The second-order valence-electron chi connectivity index (χ2n) is 5.81. The Morgan fingerprint density at radius 1 is 0.950 bits per heavy atom. The van der Waals surface area contributed by atoms with E-state index in [1.165, 1.54) is 5.56 Å². The third kappa shape index (κ3) is 3.38. The lowest BCUT2D eigenvalue weighted by Crippen LogP contribution is -2.10. The largest absolute Gasteiger partial charge is 0.397 e. The lowest BCUT2D eigenvalue weighted by atomic mass is 9.87. The van der Waals surface area contributed by atoms with Crippen LogP contribution in [0.15, 0.2) is 36.4 Å². The van der Waals surface area contributed by atoms with E-state index in [9.17, 15) is 0 Å². The fourth-order valence-electron chi connectivity index (χ4n) is 1.88. The molecule has 0 spiro atoms. The van der Waals surface area contributed by atoms with Crippen molar-refractivity contribution in [2.75, 3.05) is 11.1 Å². The summed E-state index contributed by atoms with van der Waals surface area (Å²) in [4.78, 5) is 0. The van der Waals surface area contributed by atoms with Crippen LogP contribution in [-0.4, -0.2) is 0 Å². The molecule has 0 aromatic heterocycles. The van der Waals surface area contributed by atoms with Crippen LogP contribution in [0, 0.1) is 0 Å². The Balaban J connectivity index is 2.25. The van der Waals surface area contributed by atoms with Crippen LogP contribution in [0.4, 0.5) is 17.1 Å². The third-order valence-electron chi connectivity index (χ3n) is 3.12. The van der Waals surface area contributed by atoms with Crippen molar-refractivity contribution in [2.45, 2.75) is 26.2 Å². The highest BCUT2D eigenvalue weighted by atomic mass is 35.5. The second-order valence-corrected chi connectivity index (χ2v) is 6.62. The summed E-state index contributed by atoms with van der Waals surface area (Å²) in [6.45, 7) is 6.56. The van der Waals surface area contributed by atoms with E-state index >= 15 is 0 Å². The van der Waals surface area contributed by atoms with Crippen LogP contribution < -0.4 is 11.1 Å². The minimum atomic E-state index is 0.140. The fraction of sp³-hybridized carbons (Fsp3) is 0.250. The van der Waals surface area contributed by atoms with E-state index in [-0.39, 0.29) is 5.41 Å². The molecule has 0 heterocycles. The van der Waals surface area contributed by atoms with Crippen LogP contribution in [0.1, 0.15) is 26.3 Å². The molecule has 20 heavy (non-hydrogen) atoms. The fourth-order valence-corrected chi connectivity index (χ4v) is 2.22. The predicted molar refractivity (Wildman–Crippen MR) is 89.3 cm³/mol. The van der Waals surface area contributed by atoms with Crippen molar-refractivity contribution in [2.24, 2.45) is 0 Å². The van der Waals surface area contributed by atoms with Gasteiger partial charge in [-0.15, -0.1) is 0 Å². The maximum absolute atomic E-state index is 6.01. The van der Waals surface area contributed by atoms with E-state index in [0.717, 1.165) is 11.4 Å². The lowest BCUT2D eigenvalue weighted by molar-refractivity contribution is 0.590. The predicted octanol–water partition coefficient (Wildman–Crippen LogP) is 5.62. The van der Waals surface area contributed by atoms with Crippen molar-refractivity contribution in [3.05, 3.63) is 52.0 Å². The minimum absolute atomic E-state index is 0.140. The molecule has 2 aromatic carbocycles. The zero-order valence-electron chi connectivity index (χ0n) is 11.8. The van der Waals surface area contributed by atoms with Gasteiger partial charge in [-0.25, -0.2) is 0 Å². The molecular weight excluding hydrogens is 291 g/mol. The van der Waals surface area contributed by atoms with Crippen molar-refractivity contribution >= 4 is 40.3 Å². The molecule has 0 bridgehead atoms. The molecule has 0 aliphatic heterocycles. The van der Waals surface area contributed by atoms with Gasteiger partial charge in [0.2, 0.25) is 0 Å². The molecule has 0 saturated carbocycles. The van der Waals surface area contributed by atoms with Crippen LogP contribution in [0.5, 0.6) is 0 Å². The maximum atomic E-state index is 6.01. The number of halogens is 2. The highest BCUT2D eigenvalue weighted by molar-refractivity contribution is 6.42. The molecular formula is C16H18Cl2N2. The first-order valence-electron chi connectivity index (χ1n) is 6.39. The molecule has 0 amide bonds. The standard InChI is InChI=1S/C16H18Cl2N2/c1-16(2,3)10-4-6-11(7-5-10)20-15-9-13(18)12(17)8-14(15)19/h4-9,20H,19H2,1-3H3. The van der Waals surface area contributed by atoms with E-state index in [4.69, 9.17) is 28.9 Å². The topological polar surface area (TPSA) is 38.0 Å². The van der Waals surface area contributed by atoms with E-state index in [1.54, 1.807) is 12.1 Å². The van der Waals surface area contributed by atoms with Gasteiger partial charge in [0.1, 0.15) is 0 Å². The summed E-state index contributed by atoms with van der Waals surface area (Å²) in [6, 6.07) is 11.7. The summed E-state index contributed by atoms with van der Waals surface area (Å²) >= 11 is 11.9. The van der Waals surface area contributed by atoms with Crippen LogP contribution in [0.2, 0.25) is 10.0 Å². The van der Waals surface area contributed by atoms with E-state index in [1.807, 2.05) is 12.1 Å². The molecule has 4 heteroatoms. The molecule has 0 radical (unpaired) electrons. The smallest absolute Gasteiger partial charge is 0.0633 e. The van der Waals surface area contributed by atoms with E-state index < -0.39 is 0 Å². The molecule has 0 atom stereocenters. The van der Waals surface area contributed by atoms with Crippen molar-refractivity contribution in [1.82, 2.24) is 0 Å². The monoisotopic (exact) mass is 308 g/mol. The number of rotatable bonds is 2. The normalized spacial score (nSPS) is 11.4. The van der Waals surface area contributed by atoms with Crippen LogP contribution in [-0.2, 0) is 5.41 Å². The SMILES string of the molecule is CC(C)(C)c1ccc(Nc2cc(Cl)c(Cl)cc2N)cc1. The highest BCUT2D eigenvalue weighted by Crippen LogP contribution is 2.33. The molecule has 0 unspecified atom stereocenters. The van der Waals surface area contributed by atoms with Gasteiger partial charge in [-0.3, -0.25) is 0 Å². The second kappa shape index (κ2) is 5.55. The lowest BCUT2D eigenvalue weighted by Gasteiger charge is -2.19. The van der Waals surface area contributed by atoms with Crippen molar-refractivity contribution < 1.29 is 0 Å². The first-order valence-corrected chi connectivity index (χ1v) is 7.15.